The largest absolute Gasteiger partial charge is 0.336 e. The van der Waals surface area contributed by atoms with Crippen LogP contribution in [0.2, 0.25) is 0 Å². The van der Waals surface area contributed by atoms with Gasteiger partial charge in [0, 0.05) is 17.5 Å². The standard InChI is InChI=1S/C14H19NOS/c1-11-7-5-6-10-15(11)14(16)12-8-3-4-9-13(12)17-2/h3-4,8-9,11H,5-7,10H2,1-2H3. The Morgan fingerprint density at radius 2 is 2.12 bits per heavy atom. The Morgan fingerprint density at radius 1 is 1.35 bits per heavy atom. The fourth-order valence-electron chi connectivity index (χ4n) is 2.38. The Kier molecular flexibility index (Phi) is 4.11. The first kappa shape index (κ1) is 12.5. The van der Waals surface area contributed by atoms with Crippen molar-refractivity contribution in [2.75, 3.05) is 12.8 Å². The molecule has 0 spiro atoms. The van der Waals surface area contributed by atoms with Crippen molar-refractivity contribution in [2.24, 2.45) is 0 Å². The highest BCUT2D eigenvalue weighted by Gasteiger charge is 2.25. The zero-order valence-electron chi connectivity index (χ0n) is 10.5. The van der Waals surface area contributed by atoms with E-state index < -0.39 is 0 Å². The molecule has 1 aliphatic rings. The number of rotatable bonds is 2. The number of hydrogen-bond donors (Lipinski definition) is 0. The average molecular weight is 249 g/mol. The van der Waals surface area contributed by atoms with Crippen molar-refractivity contribution in [3.63, 3.8) is 0 Å². The first-order chi connectivity index (χ1) is 8.24. The Bertz CT molecular complexity index is 405. The first-order valence-corrected chi connectivity index (χ1v) is 7.40. The summed E-state index contributed by atoms with van der Waals surface area (Å²) in [7, 11) is 0. The second kappa shape index (κ2) is 5.58. The molecule has 1 aromatic carbocycles. The molecule has 0 N–H and O–H groups in total. The second-order valence-electron chi connectivity index (χ2n) is 4.54. The maximum Gasteiger partial charge on any atom is 0.255 e. The minimum atomic E-state index is 0.196. The summed E-state index contributed by atoms with van der Waals surface area (Å²) in [6.07, 6.45) is 5.53. The van der Waals surface area contributed by atoms with Crippen LogP contribution in [0.5, 0.6) is 0 Å². The number of nitrogens with zero attached hydrogens (tertiary/aromatic N) is 1. The number of carbonyl (C=O) groups is 1. The van der Waals surface area contributed by atoms with E-state index in [-0.39, 0.29) is 5.91 Å². The van der Waals surface area contributed by atoms with Crippen molar-refractivity contribution in [1.29, 1.82) is 0 Å². The predicted octanol–water partition coefficient (Wildman–Crippen LogP) is 3.42. The predicted molar refractivity (Wildman–Crippen MR) is 72.6 cm³/mol. The lowest BCUT2D eigenvalue weighted by Gasteiger charge is -2.33. The number of thioether (sulfide) groups is 1. The molecule has 2 nitrogen and oxygen atoms in total. The first-order valence-electron chi connectivity index (χ1n) is 6.18. The Labute approximate surface area is 107 Å². The molecule has 1 amide bonds. The van der Waals surface area contributed by atoms with Gasteiger partial charge < -0.3 is 4.90 Å². The highest BCUT2D eigenvalue weighted by molar-refractivity contribution is 7.98. The zero-order valence-corrected chi connectivity index (χ0v) is 11.3. The van der Waals surface area contributed by atoms with Gasteiger partial charge >= 0.3 is 0 Å². The SMILES string of the molecule is CSc1ccccc1C(=O)N1CCCCC1C. The highest BCUT2D eigenvalue weighted by Crippen LogP contribution is 2.24. The summed E-state index contributed by atoms with van der Waals surface area (Å²) in [5.41, 5.74) is 0.855. The quantitative estimate of drug-likeness (QED) is 0.748. The van der Waals surface area contributed by atoms with Crippen LogP contribution in [0.25, 0.3) is 0 Å². The van der Waals surface area contributed by atoms with Gasteiger partial charge in [-0.3, -0.25) is 4.79 Å². The highest BCUT2D eigenvalue weighted by atomic mass is 32.2. The van der Waals surface area contributed by atoms with Crippen LogP contribution in [0.1, 0.15) is 36.5 Å². The van der Waals surface area contributed by atoms with Crippen LogP contribution in [0.3, 0.4) is 0 Å². The van der Waals surface area contributed by atoms with E-state index >= 15 is 0 Å². The van der Waals surface area contributed by atoms with E-state index in [1.165, 1.54) is 6.42 Å². The summed E-state index contributed by atoms with van der Waals surface area (Å²) in [5.74, 6) is 0.196. The fourth-order valence-corrected chi connectivity index (χ4v) is 2.97. The molecule has 1 aliphatic heterocycles. The molecule has 1 saturated heterocycles. The third-order valence-electron chi connectivity index (χ3n) is 3.40. The molecule has 0 saturated carbocycles. The van der Waals surface area contributed by atoms with Gasteiger partial charge in [-0.25, -0.2) is 0 Å². The monoisotopic (exact) mass is 249 g/mol. The summed E-state index contributed by atoms with van der Waals surface area (Å²) in [5, 5.41) is 0. The molecule has 1 fully saturated rings. The minimum Gasteiger partial charge on any atom is -0.336 e. The molecule has 1 atom stereocenters. The Morgan fingerprint density at radius 3 is 2.82 bits per heavy atom. The lowest BCUT2D eigenvalue weighted by atomic mass is 10.0. The normalized spacial score (nSPS) is 20.4. The number of amides is 1. The lowest BCUT2D eigenvalue weighted by Crippen LogP contribution is -2.42. The van der Waals surface area contributed by atoms with E-state index in [1.807, 2.05) is 35.4 Å². The van der Waals surface area contributed by atoms with Gasteiger partial charge in [-0.1, -0.05) is 12.1 Å². The van der Waals surface area contributed by atoms with E-state index in [9.17, 15) is 4.79 Å². The van der Waals surface area contributed by atoms with Gasteiger partial charge in [0.25, 0.3) is 5.91 Å². The third kappa shape index (κ3) is 2.65. The molecule has 1 aromatic rings. The van der Waals surface area contributed by atoms with E-state index in [1.54, 1.807) is 11.8 Å². The molecule has 1 heterocycles. The molecule has 92 valence electrons. The summed E-state index contributed by atoms with van der Waals surface area (Å²) >= 11 is 1.64. The minimum absolute atomic E-state index is 0.196. The second-order valence-corrected chi connectivity index (χ2v) is 5.39. The molecule has 0 bridgehead atoms. The van der Waals surface area contributed by atoms with Crippen LogP contribution in [-0.2, 0) is 0 Å². The van der Waals surface area contributed by atoms with Gasteiger partial charge in [0.05, 0.1) is 5.56 Å². The summed E-state index contributed by atoms with van der Waals surface area (Å²) in [4.78, 5) is 15.6. The van der Waals surface area contributed by atoms with Crippen molar-refractivity contribution in [1.82, 2.24) is 4.90 Å². The number of piperidine rings is 1. The molecular formula is C14H19NOS. The number of benzene rings is 1. The van der Waals surface area contributed by atoms with Crippen LogP contribution >= 0.6 is 11.8 Å². The molecule has 1 unspecified atom stereocenters. The summed E-state index contributed by atoms with van der Waals surface area (Å²) in [6, 6.07) is 8.28. The third-order valence-corrected chi connectivity index (χ3v) is 4.20. The summed E-state index contributed by atoms with van der Waals surface area (Å²) < 4.78 is 0. The van der Waals surface area contributed by atoms with Gasteiger partial charge in [-0.15, -0.1) is 11.8 Å². The van der Waals surface area contributed by atoms with Crippen molar-refractivity contribution >= 4 is 17.7 Å². The molecule has 0 aromatic heterocycles. The van der Waals surface area contributed by atoms with Crippen LogP contribution in [0, 0.1) is 0 Å². The smallest absolute Gasteiger partial charge is 0.255 e. The number of carbonyl (C=O) groups excluding carboxylic acids is 1. The number of likely N-dealkylation sites (tertiary alicyclic amines) is 1. The average Bonchev–Trinajstić information content (AvgIpc) is 2.38. The number of hydrogen-bond acceptors (Lipinski definition) is 2. The molecule has 0 aliphatic carbocycles. The van der Waals surface area contributed by atoms with Crippen molar-refractivity contribution < 1.29 is 4.79 Å². The maximum absolute atomic E-state index is 12.5. The fraction of sp³-hybridized carbons (Fsp3) is 0.500. The maximum atomic E-state index is 12.5. The Balaban J connectivity index is 2.23. The van der Waals surface area contributed by atoms with Crippen LogP contribution in [0.4, 0.5) is 0 Å². The van der Waals surface area contributed by atoms with Gasteiger partial charge in [0.1, 0.15) is 0 Å². The van der Waals surface area contributed by atoms with E-state index in [4.69, 9.17) is 0 Å². The van der Waals surface area contributed by atoms with Crippen LogP contribution < -0.4 is 0 Å². The van der Waals surface area contributed by atoms with Crippen LogP contribution in [0.15, 0.2) is 29.2 Å². The van der Waals surface area contributed by atoms with Gasteiger partial charge in [0.15, 0.2) is 0 Å². The Hall–Kier alpha value is -0.960. The lowest BCUT2D eigenvalue weighted by molar-refractivity contribution is 0.0632. The molecule has 2 rings (SSSR count). The van der Waals surface area contributed by atoms with Gasteiger partial charge in [0.2, 0.25) is 0 Å². The van der Waals surface area contributed by atoms with Gasteiger partial charge in [-0.2, -0.15) is 0 Å². The van der Waals surface area contributed by atoms with E-state index in [2.05, 4.69) is 6.92 Å². The molecular weight excluding hydrogens is 230 g/mol. The summed E-state index contributed by atoms with van der Waals surface area (Å²) in [6.45, 7) is 3.06. The van der Waals surface area contributed by atoms with Crippen molar-refractivity contribution in [3.8, 4) is 0 Å². The van der Waals surface area contributed by atoms with Gasteiger partial charge in [-0.05, 0) is 44.6 Å². The van der Waals surface area contributed by atoms with Crippen LogP contribution in [-0.4, -0.2) is 29.6 Å². The molecule has 17 heavy (non-hydrogen) atoms. The molecule has 3 heteroatoms. The van der Waals surface area contributed by atoms with E-state index in [0.717, 1.165) is 29.8 Å². The molecule has 0 radical (unpaired) electrons. The van der Waals surface area contributed by atoms with E-state index in [0.29, 0.717) is 6.04 Å². The van der Waals surface area contributed by atoms with Crippen molar-refractivity contribution in [3.05, 3.63) is 29.8 Å². The van der Waals surface area contributed by atoms with Crippen molar-refractivity contribution in [2.45, 2.75) is 37.1 Å². The topological polar surface area (TPSA) is 20.3 Å². The zero-order chi connectivity index (χ0) is 12.3.